The molecule has 2 aromatic rings. The Hall–Kier alpha value is -2.19. The van der Waals surface area contributed by atoms with Gasteiger partial charge in [0, 0.05) is 13.1 Å². The number of carboxylic acid groups (broad SMARTS) is 1. The lowest BCUT2D eigenvalue weighted by molar-refractivity contribution is -0.137. The van der Waals surface area contributed by atoms with Gasteiger partial charge in [-0.05, 0) is 23.8 Å². The Morgan fingerprint density at radius 2 is 2.09 bits per heavy atom. The summed E-state index contributed by atoms with van der Waals surface area (Å²) >= 11 is 0. The molecule has 0 aliphatic rings. The van der Waals surface area contributed by atoms with Gasteiger partial charge in [0.25, 0.3) is 0 Å². The van der Waals surface area contributed by atoms with E-state index in [4.69, 9.17) is 9.52 Å². The highest BCUT2D eigenvalue weighted by Gasteiger charge is 2.26. The molecule has 1 aromatic carbocycles. The van der Waals surface area contributed by atoms with Crippen molar-refractivity contribution in [2.45, 2.75) is 17.9 Å². The Kier molecular flexibility index (Phi) is 4.94. The molecular formula is C14H14FNO5S. The van der Waals surface area contributed by atoms with Crippen LogP contribution < -0.4 is 0 Å². The first-order chi connectivity index (χ1) is 10.4. The van der Waals surface area contributed by atoms with Crippen LogP contribution in [0.1, 0.15) is 12.0 Å². The number of carbonyl (C=O) groups is 1. The van der Waals surface area contributed by atoms with Crippen molar-refractivity contribution in [2.75, 3.05) is 6.54 Å². The van der Waals surface area contributed by atoms with Gasteiger partial charge in [-0.15, -0.1) is 0 Å². The fourth-order valence-corrected chi connectivity index (χ4v) is 3.24. The third-order valence-corrected chi connectivity index (χ3v) is 4.78. The van der Waals surface area contributed by atoms with Crippen LogP contribution in [0.15, 0.2) is 52.2 Å². The summed E-state index contributed by atoms with van der Waals surface area (Å²) in [6.45, 7) is -0.349. The Bertz CT molecular complexity index is 742. The van der Waals surface area contributed by atoms with E-state index in [1.54, 1.807) is 6.07 Å². The van der Waals surface area contributed by atoms with Crippen molar-refractivity contribution >= 4 is 16.0 Å². The third-order valence-electron chi connectivity index (χ3n) is 2.96. The monoisotopic (exact) mass is 327 g/mol. The van der Waals surface area contributed by atoms with E-state index in [0.29, 0.717) is 5.56 Å². The van der Waals surface area contributed by atoms with Crippen molar-refractivity contribution in [3.8, 4) is 0 Å². The number of aliphatic carboxylic acids is 1. The summed E-state index contributed by atoms with van der Waals surface area (Å²) in [6, 6.07) is 6.76. The van der Waals surface area contributed by atoms with Gasteiger partial charge in [-0.3, -0.25) is 4.79 Å². The molecular weight excluding hydrogens is 313 g/mol. The summed E-state index contributed by atoms with van der Waals surface area (Å²) in [7, 11) is -3.91. The molecule has 0 saturated carbocycles. The van der Waals surface area contributed by atoms with Crippen LogP contribution in [-0.2, 0) is 21.4 Å². The van der Waals surface area contributed by atoms with Gasteiger partial charge >= 0.3 is 5.97 Å². The molecule has 0 radical (unpaired) electrons. The Balaban J connectivity index is 2.28. The second-order valence-corrected chi connectivity index (χ2v) is 6.51. The lowest BCUT2D eigenvalue weighted by atomic mass is 10.2. The zero-order valence-electron chi connectivity index (χ0n) is 11.5. The fourth-order valence-electron chi connectivity index (χ4n) is 1.89. The van der Waals surface area contributed by atoms with Crippen molar-refractivity contribution in [2.24, 2.45) is 0 Å². The molecule has 0 aliphatic heterocycles. The molecule has 0 fully saturated rings. The molecule has 6 nitrogen and oxygen atoms in total. The summed E-state index contributed by atoms with van der Waals surface area (Å²) in [5.74, 6) is -1.61. The lowest BCUT2D eigenvalue weighted by Crippen LogP contribution is -2.32. The number of hydrogen-bond acceptors (Lipinski definition) is 4. The molecule has 118 valence electrons. The molecule has 1 N–H and O–H groups in total. The predicted octanol–water partition coefficient (Wildman–Crippen LogP) is 2.08. The normalized spacial score (nSPS) is 11.7. The highest BCUT2D eigenvalue weighted by Crippen LogP contribution is 2.19. The van der Waals surface area contributed by atoms with E-state index in [2.05, 4.69) is 0 Å². The van der Waals surface area contributed by atoms with Crippen LogP contribution in [0, 0.1) is 5.82 Å². The average molecular weight is 327 g/mol. The molecule has 8 heteroatoms. The van der Waals surface area contributed by atoms with E-state index in [-0.39, 0.29) is 24.4 Å². The average Bonchev–Trinajstić information content (AvgIpc) is 2.98. The zero-order chi connectivity index (χ0) is 16.2. The van der Waals surface area contributed by atoms with Gasteiger partial charge in [0.1, 0.15) is 17.0 Å². The summed E-state index contributed by atoms with van der Waals surface area (Å²) in [4.78, 5) is 10.6. The van der Waals surface area contributed by atoms with E-state index in [9.17, 15) is 17.6 Å². The van der Waals surface area contributed by atoms with E-state index in [1.807, 2.05) is 0 Å². The van der Waals surface area contributed by atoms with Crippen molar-refractivity contribution < 1.29 is 27.1 Å². The number of furan rings is 1. The van der Waals surface area contributed by atoms with Crippen LogP contribution in [0.5, 0.6) is 0 Å². The lowest BCUT2D eigenvalue weighted by Gasteiger charge is -2.20. The van der Waals surface area contributed by atoms with Crippen molar-refractivity contribution in [1.29, 1.82) is 0 Å². The second-order valence-electron chi connectivity index (χ2n) is 4.57. The maximum Gasteiger partial charge on any atom is 0.304 e. The first kappa shape index (κ1) is 16.2. The van der Waals surface area contributed by atoms with E-state index in [0.717, 1.165) is 10.6 Å². The standard InChI is InChI=1S/C14H14FNO5S/c15-12-3-1-2-11(8-12)9-16(6-4-14(17)18)22(19,20)13-5-7-21-10-13/h1-3,5,7-8,10H,4,6,9H2,(H,17,18). The molecule has 1 aromatic heterocycles. The van der Waals surface area contributed by atoms with E-state index in [1.165, 1.54) is 30.5 Å². The topological polar surface area (TPSA) is 87.8 Å². The van der Waals surface area contributed by atoms with Gasteiger partial charge in [0.2, 0.25) is 10.0 Å². The molecule has 1 heterocycles. The molecule has 0 bridgehead atoms. The maximum atomic E-state index is 13.2. The number of sulfonamides is 1. The number of halogens is 1. The second kappa shape index (κ2) is 6.71. The maximum absolute atomic E-state index is 13.2. The minimum absolute atomic E-state index is 0.0747. The predicted molar refractivity (Wildman–Crippen MR) is 75.0 cm³/mol. The molecule has 22 heavy (non-hydrogen) atoms. The minimum atomic E-state index is -3.91. The summed E-state index contributed by atoms with van der Waals surface area (Å²) in [6.07, 6.45) is 1.92. The largest absolute Gasteiger partial charge is 0.481 e. The highest BCUT2D eigenvalue weighted by atomic mass is 32.2. The highest BCUT2D eigenvalue weighted by molar-refractivity contribution is 7.89. The van der Waals surface area contributed by atoms with Crippen molar-refractivity contribution in [1.82, 2.24) is 4.31 Å². The number of benzene rings is 1. The van der Waals surface area contributed by atoms with E-state index >= 15 is 0 Å². The fraction of sp³-hybridized carbons (Fsp3) is 0.214. The number of rotatable bonds is 7. The zero-order valence-corrected chi connectivity index (χ0v) is 12.3. The van der Waals surface area contributed by atoms with Crippen molar-refractivity contribution in [3.05, 3.63) is 54.2 Å². The van der Waals surface area contributed by atoms with Gasteiger partial charge in [0.15, 0.2) is 0 Å². The van der Waals surface area contributed by atoms with Crippen LogP contribution in [0.4, 0.5) is 4.39 Å². The Labute approximate surface area is 126 Å². The molecule has 0 amide bonds. The summed E-state index contributed by atoms with van der Waals surface area (Å²) in [5.41, 5.74) is 0.428. The van der Waals surface area contributed by atoms with Gasteiger partial charge < -0.3 is 9.52 Å². The van der Waals surface area contributed by atoms with Crippen LogP contribution in [-0.4, -0.2) is 30.3 Å². The van der Waals surface area contributed by atoms with Crippen molar-refractivity contribution in [3.63, 3.8) is 0 Å². The molecule has 0 saturated heterocycles. The first-order valence-corrected chi connectivity index (χ1v) is 7.82. The molecule has 2 rings (SSSR count). The van der Waals surface area contributed by atoms with Crippen LogP contribution in [0.25, 0.3) is 0 Å². The molecule has 0 atom stereocenters. The van der Waals surface area contributed by atoms with Gasteiger partial charge in [-0.1, -0.05) is 12.1 Å². The first-order valence-electron chi connectivity index (χ1n) is 6.38. The molecule has 0 unspecified atom stereocenters. The minimum Gasteiger partial charge on any atom is -0.481 e. The molecule has 0 spiro atoms. The van der Waals surface area contributed by atoms with E-state index < -0.39 is 21.8 Å². The number of nitrogens with zero attached hydrogens (tertiary/aromatic N) is 1. The van der Waals surface area contributed by atoms with Crippen LogP contribution >= 0.6 is 0 Å². The quantitative estimate of drug-likeness (QED) is 0.841. The summed E-state index contributed by atoms with van der Waals surface area (Å²) < 4.78 is 43.9. The smallest absolute Gasteiger partial charge is 0.304 e. The Morgan fingerprint density at radius 3 is 2.68 bits per heavy atom. The number of hydrogen-bond donors (Lipinski definition) is 1. The molecule has 0 aliphatic carbocycles. The third kappa shape index (κ3) is 3.92. The van der Waals surface area contributed by atoms with Gasteiger partial charge in [-0.2, -0.15) is 4.31 Å². The van der Waals surface area contributed by atoms with Crippen LogP contribution in [0.2, 0.25) is 0 Å². The van der Waals surface area contributed by atoms with Gasteiger partial charge in [-0.25, -0.2) is 12.8 Å². The summed E-state index contributed by atoms with van der Waals surface area (Å²) in [5, 5.41) is 8.77. The Morgan fingerprint density at radius 1 is 1.32 bits per heavy atom. The number of carboxylic acids is 1. The van der Waals surface area contributed by atoms with Gasteiger partial charge in [0.05, 0.1) is 12.7 Å². The van der Waals surface area contributed by atoms with Crippen LogP contribution in [0.3, 0.4) is 0 Å². The SMILES string of the molecule is O=C(O)CCN(Cc1cccc(F)c1)S(=O)(=O)c1ccoc1.